The summed E-state index contributed by atoms with van der Waals surface area (Å²) in [6.07, 6.45) is 0. The molecule has 0 saturated carbocycles. The van der Waals surface area contributed by atoms with E-state index in [1.807, 2.05) is 19.1 Å². The summed E-state index contributed by atoms with van der Waals surface area (Å²) in [6, 6.07) is 7.30. The molecule has 0 fully saturated rings. The van der Waals surface area contributed by atoms with E-state index in [9.17, 15) is 0 Å². The van der Waals surface area contributed by atoms with E-state index < -0.39 is 0 Å². The Hall–Kier alpha value is -2.57. The molecule has 7 heteroatoms. The molecule has 2 N–H and O–H groups in total. The monoisotopic (exact) mass is 262 g/mol. The Morgan fingerprint density at radius 2 is 1.84 bits per heavy atom. The average Bonchev–Trinajstić information content (AvgIpc) is 2.39. The molecule has 0 spiro atoms. The van der Waals surface area contributed by atoms with E-state index in [2.05, 4.69) is 15.0 Å². The van der Waals surface area contributed by atoms with Gasteiger partial charge in [-0.1, -0.05) is 6.07 Å². The van der Waals surface area contributed by atoms with Gasteiger partial charge in [-0.3, -0.25) is 0 Å². The number of aromatic nitrogens is 3. The van der Waals surface area contributed by atoms with Crippen LogP contribution in [0.15, 0.2) is 24.3 Å². The molecule has 2 rings (SSSR count). The average molecular weight is 262 g/mol. The standard InChI is InChI=1S/C12H14N4O3/c1-3-18-8-5-4-6-9(7-8)19-12-15-10(13)14-11(16-12)17-2/h4-7H,3H2,1-2H3,(H2,13,14,15,16). The molecule has 0 aliphatic rings. The topological polar surface area (TPSA) is 92.4 Å². The van der Waals surface area contributed by atoms with Gasteiger partial charge in [0.25, 0.3) is 0 Å². The predicted octanol–water partition coefficient (Wildman–Crippen LogP) is 1.65. The zero-order valence-electron chi connectivity index (χ0n) is 10.7. The Kier molecular flexibility index (Phi) is 3.97. The second-order valence-electron chi connectivity index (χ2n) is 3.47. The van der Waals surface area contributed by atoms with E-state index in [0.717, 1.165) is 0 Å². The van der Waals surface area contributed by atoms with E-state index >= 15 is 0 Å². The van der Waals surface area contributed by atoms with E-state index in [-0.39, 0.29) is 18.0 Å². The van der Waals surface area contributed by atoms with Gasteiger partial charge in [-0.05, 0) is 19.1 Å². The second-order valence-corrected chi connectivity index (χ2v) is 3.47. The minimum absolute atomic E-state index is 0.0304. The molecule has 0 radical (unpaired) electrons. The van der Waals surface area contributed by atoms with Crippen molar-refractivity contribution in [2.24, 2.45) is 0 Å². The lowest BCUT2D eigenvalue weighted by atomic mass is 10.3. The quantitative estimate of drug-likeness (QED) is 0.875. The van der Waals surface area contributed by atoms with E-state index in [4.69, 9.17) is 19.9 Å². The van der Waals surface area contributed by atoms with Crippen LogP contribution in [0.3, 0.4) is 0 Å². The van der Waals surface area contributed by atoms with Crippen LogP contribution in [0.1, 0.15) is 6.92 Å². The highest BCUT2D eigenvalue weighted by Crippen LogP contribution is 2.24. The highest BCUT2D eigenvalue weighted by molar-refractivity contribution is 5.35. The van der Waals surface area contributed by atoms with Crippen LogP contribution in [0.2, 0.25) is 0 Å². The van der Waals surface area contributed by atoms with E-state index in [0.29, 0.717) is 18.1 Å². The van der Waals surface area contributed by atoms with Gasteiger partial charge in [-0.2, -0.15) is 9.97 Å². The van der Waals surface area contributed by atoms with Gasteiger partial charge < -0.3 is 19.9 Å². The molecule has 0 aliphatic heterocycles. The molecular weight excluding hydrogens is 248 g/mol. The summed E-state index contributed by atoms with van der Waals surface area (Å²) in [5, 5.41) is 0. The van der Waals surface area contributed by atoms with Crippen LogP contribution in [-0.4, -0.2) is 28.7 Å². The van der Waals surface area contributed by atoms with Crippen LogP contribution in [-0.2, 0) is 0 Å². The fourth-order valence-electron chi connectivity index (χ4n) is 1.39. The molecule has 0 aliphatic carbocycles. The first kappa shape index (κ1) is 12.9. The molecule has 100 valence electrons. The first-order valence-corrected chi connectivity index (χ1v) is 5.67. The van der Waals surface area contributed by atoms with Gasteiger partial charge in [0.1, 0.15) is 11.5 Å². The van der Waals surface area contributed by atoms with Crippen molar-refractivity contribution in [2.45, 2.75) is 6.92 Å². The molecule has 0 amide bonds. The summed E-state index contributed by atoms with van der Waals surface area (Å²) < 4.78 is 15.7. The summed E-state index contributed by atoms with van der Waals surface area (Å²) in [4.78, 5) is 11.6. The zero-order chi connectivity index (χ0) is 13.7. The Balaban J connectivity index is 2.20. The first-order chi connectivity index (χ1) is 9.21. The number of rotatable bonds is 5. The van der Waals surface area contributed by atoms with Crippen LogP contribution >= 0.6 is 0 Å². The van der Waals surface area contributed by atoms with Gasteiger partial charge in [0.05, 0.1) is 13.7 Å². The molecule has 0 bridgehead atoms. The summed E-state index contributed by atoms with van der Waals surface area (Å²) in [6.45, 7) is 2.49. The molecule has 1 aromatic carbocycles. The van der Waals surface area contributed by atoms with E-state index in [1.54, 1.807) is 12.1 Å². The van der Waals surface area contributed by atoms with E-state index in [1.165, 1.54) is 7.11 Å². The van der Waals surface area contributed by atoms with Gasteiger partial charge in [-0.15, -0.1) is 4.98 Å². The van der Waals surface area contributed by atoms with Gasteiger partial charge >= 0.3 is 12.0 Å². The van der Waals surface area contributed by atoms with Crippen molar-refractivity contribution in [1.29, 1.82) is 0 Å². The number of anilines is 1. The third-order valence-electron chi connectivity index (χ3n) is 2.12. The SMILES string of the molecule is CCOc1cccc(Oc2nc(N)nc(OC)n2)c1. The maximum atomic E-state index is 5.52. The molecule has 1 heterocycles. The maximum Gasteiger partial charge on any atom is 0.330 e. The summed E-state index contributed by atoms with van der Waals surface area (Å²) in [7, 11) is 1.44. The van der Waals surface area contributed by atoms with Crippen LogP contribution in [0, 0.1) is 0 Å². The molecule has 0 saturated heterocycles. The number of nitrogens with zero attached hydrogens (tertiary/aromatic N) is 3. The summed E-state index contributed by atoms with van der Waals surface area (Å²) >= 11 is 0. The van der Waals surface area contributed by atoms with Crippen molar-refractivity contribution < 1.29 is 14.2 Å². The Labute approximate surface area is 110 Å². The van der Waals surface area contributed by atoms with Crippen LogP contribution in [0.25, 0.3) is 0 Å². The summed E-state index contributed by atoms with van der Waals surface area (Å²) in [5.41, 5.74) is 5.52. The number of hydrogen-bond donors (Lipinski definition) is 1. The maximum absolute atomic E-state index is 5.52. The lowest BCUT2D eigenvalue weighted by molar-refractivity contribution is 0.336. The van der Waals surface area contributed by atoms with Crippen molar-refractivity contribution in [2.75, 3.05) is 19.5 Å². The number of nitrogen functional groups attached to an aromatic ring is 1. The van der Waals surface area contributed by atoms with Crippen LogP contribution < -0.4 is 19.9 Å². The molecular formula is C12H14N4O3. The Morgan fingerprint density at radius 3 is 2.58 bits per heavy atom. The molecule has 19 heavy (non-hydrogen) atoms. The molecule has 7 nitrogen and oxygen atoms in total. The summed E-state index contributed by atoms with van der Waals surface area (Å²) in [5.74, 6) is 1.27. The van der Waals surface area contributed by atoms with Crippen molar-refractivity contribution in [3.63, 3.8) is 0 Å². The molecule has 1 aromatic heterocycles. The van der Waals surface area contributed by atoms with Gasteiger partial charge in [0, 0.05) is 6.07 Å². The van der Waals surface area contributed by atoms with Crippen molar-refractivity contribution in [3.05, 3.63) is 24.3 Å². The molecule has 2 aromatic rings. The number of nitrogens with two attached hydrogens (primary N) is 1. The molecule has 0 atom stereocenters. The zero-order valence-corrected chi connectivity index (χ0v) is 10.7. The Morgan fingerprint density at radius 1 is 1.11 bits per heavy atom. The smallest absolute Gasteiger partial charge is 0.330 e. The van der Waals surface area contributed by atoms with Gasteiger partial charge in [0.2, 0.25) is 5.95 Å². The fraction of sp³-hybridized carbons (Fsp3) is 0.250. The number of hydrogen-bond acceptors (Lipinski definition) is 7. The number of methoxy groups -OCH3 is 1. The third-order valence-corrected chi connectivity index (χ3v) is 2.12. The second kappa shape index (κ2) is 5.85. The van der Waals surface area contributed by atoms with Crippen molar-refractivity contribution in [3.8, 4) is 23.5 Å². The minimum Gasteiger partial charge on any atom is -0.494 e. The van der Waals surface area contributed by atoms with Crippen molar-refractivity contribution in [1.82, 2.24) is 15.0 Å². The number of benzene rings is 1. The van der Waals surface area contributed by atoms with Crippen LogP contribution in [0.4, 0.5) is 5.95 Å². The highest BCUT2D eigenvalue weighted by atomic mass is 16.5. The molecule has 0 unspecified atom stereocenters. The lowest BCUT2D eigenvalue weighted by Crippen LogP contribution is -2.02. The third kappa shape index (κ3) is 3.44. The van der Waals surface area contributed by atoms with Gasteiger partial charge in [-0.25, -0.2) is 0 Å². The predicted molar refractivity (Wildman–Crippen MR) is 68.5 cm³/mol. The van der Waals surface area contributed by atoms with Crippen LogP contribution in [0.5, 0.6) is 23.5 Å². The largest absolute Gasteiger partial charge is 0.494 e. The lowest BCUT2D eigenvalue weighted by Gasteiger charge is -2.07. The van der Waals surface area contributed by atoms with Gasteiger partial charge in [0.15, 0.2) is 0 Å². The fourth-order valence-corrected chi connectivity index (χ4v) is 1.39. The number of ether oxygens (including phenoxy) is 3. The first-order valence-electron chi connectivity index (χ1n) is 5.67. The Bertz CT molecular complexity index is 562. The van der Waals surface area contributed by atoms with Crippen molar-refractivity contribution >= 4 is 5.95 Å². The normalized spacial score (nSPS) is 10.0. The highest BCUT2D eigenvalue weighted by Gasteiger charge is 2.07. The minimum atomic E-state index is 0.0304.